The van der Waals surface area contributed by atoms with Gasteiger partial charge in [-0.05, 0) is 59.7 Å². The molecule has 0 radical (unpaired) electrons. The summed E-state index contributed by atoms with van der Waals surface area (Å²) >= 11 is 0. The predicted octanol–water partition coefficient (Wildman–Crippen LogP) is 5.17. The molecule has 1 fully saturated rings. The van der Waals surface area contributed by atoms with E-state index in [9.17, 15) is 0 Å². The van der Waals surface area contributed by atoms with Gasteiger partial charge in [-0.1, -0.05) is 25.8 Å². The molecule has 2 aliphatic heterocycles. The van der Waals surface area contributed by atoms with Crippen molar-refractivity contribution in [2.75, 3.05) is 41.5 Å². The van der Waals surface area contributed by atoms with Gasteiger partial charge in [-0.25, -0.2) is 0 Å². The van der Waals surface area contributed by atoms with E-state index < -0.39 is 0 Å². The summed E-state index contributed by atoms with van der Waals surface area (Å²) in [6.07, 6.45) is 4.61. The van der Waals surface area contributed by atoms with Gasteiger partial charge in [0.05, 0.1) is 28.4 Å². The third-order valence-electron chi connectivity index (χ3n) is 7.49. The van der Waals surface area contributed by atoms with E-state index in [1.807, 2.05) is 6.07 Å². The Morgan fingerprint density at radius 1 is 0.853 bits per heavy atom. The van der Waals surface area contributed by atoms with E-state index >= 15 is 0 Å². The van der Waals surface area contributed by atoms with Crippen LogP contribution in [0.3, 0.4) is 0 Å². The van der Waals surface area contributed by atoms with E-state index in [0.29, 0.717) is 12.0 Å². The Kier molecular flexibility index (Phi) is 8.96. The van der Waals surface area contributed by atoms with Gasteiger partial charge in [0.25, 0.3) is 0 Å². The SMILES string of the molecule is CCCC[C@H]1CN2C[C@H](c3ccc(OC)c(OC)c3)c3cc(OC)c(OC)cc3[C@H]2C[C@@H]1N.Cl. The van der Waals surface area contributed by atoms with Gasteiger partial charge in [0.1, 0.15) is 0 Å². The van der Waals surface area contributed by atoms with Gasteiger partial charge in [0, 0.05) is 31.1 Å². The Labute approximate surface area is 210 Å². The molecule has 0 aromatic heterocycles. The maximum Gasteiger partial charge on any atom is 0.161 e. The number of halogens is 1. The van der Waals surface area contributed by atoms with E-state index in [4.69, 9.17) is 24.7 Å². The van der Waals surface area contributed by atoms with Crippen LogP contribution in [0.5, 0.6) is 23.0 Å². The maximum absolute atomic E-state index is 6.71. The second-order valence-electron chi connectivity index (χ2n) is 9.27. The van der Waals surface area contributed by atoms with Gasteiger partial charge in [-0.15, -0.1) is 12.4 Å². The van der Waals surface area contributed by atoms with E-state index in [2.05, 4.69) is 36.1 Å². The minimum Gasteiger partial charge on any atom is -0.493 e. The van der Waals surface area contributed by atoms with E-state index in [-0.39, 0.29) is 24.4 Å². The lowest BCUT2D eigenvalue weighted by atomic mass is 9.75. The highest BCUT2D eigenvalue weighted by molar-refractivity contribution is 5.85. The average Bonchev–Trinajstić information content (AvgIpc) is 2.85. The number of hydrogen-bond acceptors (Lipinski definition) is 6. The topological polar surface area (TPSA) is 66.2 Å². The van der Waals surface area contributed by atoms with Crippen molar-refractivity contribution in [1.82, 2.24) is 4.90 Å². The first-order chi connectivity index (χ1) is 16.0. The Morgan fingerprint density at radius 3 is 2.09 bits per heavy atom. The van der Waals surface area contributed by atoms with Crippen LogP contribution in [0, 0.1) is 5.92 Å². The Hall–Kier alpha value is -2.15. The summed E-state index contributed by atoms with van der Waals surface area (Å²) in [4.78, 5) is 2.64. The number of ether oxygens (including phenoxy) is 4. The van der Waals surface area contributed by atoms with Crippen molar-refractivity contribution in [2.45, 2.75) is 50.6 Å². The van der Waals surface area contributed by atoms with Gasteiger partial charge >= 0.3 is 0 Å². The summed E-state index contributed by atoms with van der Waals surface area (Å²) in [6.45, 7) is 4.22. The molecule has 7 heteroatoms. The molecule has 6 nitrogen and oxygen atoms in total. The molecule has 2 N–H and O–H groups in total. The number of hydrogen-bond donors (Lipinski definition) is 1. The quantitative estimate of drug-likeness (QED) is 0.550. The number of piperidine rings is 1. The molecule has 2 aliphatic rings. The van der Waals surface area contributed by atoms with Crippen LogP contribution in [-0.4, -0.2) is 52.5 Å². The summed E-state index contributed by atoms with van der Waals surface area (Å²) in [5.74, 6) is 3.75. The fraction of sp³-hybridized carbons (Fsp3) is 0.556. The zero-order valence-electron chi connectivity index (χ0n) is 21.0. The van der Waals surface area contributed by atoms with E-state index in [1.54, 1.807) is 28.4 Å². The number of unbranched alkanes of at least 4 members (excludes halogenated alkanes) is 1. The third-order valence-corrected chi connectivity index (χ3v) is 7.49. The summed E-state index contributed by atoms with van der Waals surface area (Å²) < 4.78 is 22.5. The van der Waals surface area contributed by atoms with Crippen molar-refractivity contribution in [3.8, 4) is 23.0 Å². The van der Waals surface area contributed by atoms with Crippen molar-refractivity contribution in [3.63, 3.8) is 0 Å². The van der Waals surface area contributed by atoms with Crippen LogP contribution in [0.4, 0.5) is 0 Å². The molecule has 0 spiro atoms. The Balaban J connectivity index is 0.00000324. The molecule has 34 heavy (non-hydrogen) atoms. The lowest BCUT2D eigenvalue weighted by Crippen LogP contribution is -2.51. The first kappa shape index (κ1) is 26.5. The molecule has 0 bridgehead atoms. The molecule has 2 aromatic rings. The molecule has 4 rings (SSSR count). The average molecular weight is 491 g/mol. The molecular formula is C27H39ClN2O4. The van der Waals surface area contributed by atoms with E-state index in [0.717, 1.165) is 42.5 Å². The number of fused-ring (bicyclic) bond motifs is 3. The summed E-state index contributed by atoms with van der Waals surface area (Å²) in [7, 11) is 6.75. The van der Waals surface area contributed by atoms with Crippen LogP contribution in [0.25, 0.3) is 0 Å². The molecule has 0 unspecified atom stereocenters. The number of benzene rings is 2. The number of rotatable bonds is 8. The molecule has 4 atom stereocenters. The first-order valence-electron chi connectivity index (χ1n) is 12.0. The van der Waals surface area contributed by atoms with Crippen LogP contribution in [0.15, 0.2) is 30.3 Å². The lowest BCUT2D eigenvalue weighted by molar-refractivity contribution is 0.0728. The van der Waals surface area contributed by atoms with Crippen molar-refractivity contribution in [3.05, 3.63) is 47.0 Å². The van der Waals surface area contributed by atoms with Gasteiger partial charge in [-0.2, -0.15) is 0 Å². The Morgan fingerprint density at radius 2 is 1.47 bits per heavy atom. The molecule has 0 aliphatic carbocycles. The molecule has 1 saturated heterocycles. The van der Waals surface area contributed by atoms with E-state index in [1.165, 1.54) is 36.0 Å². The van der Waals surface area contributed by atoms with Crippen LogP contribution < -0.4 is 24.7 Å². The van der Waals surface area contributed by atoms with Crippen molar-refractivity contribution < 1.29 is 18.9 Å². The van der Waals surface area contributed by atoms with Crippen LogP contribution >= 0.6 is 12.4 Å². The fourth-order valence-electron chi connectivity index (χ4n) is 5.65. The maximum atomic E-state index is 6.71. The molecule has 0 amide bonds. The van der Waals surface area contributed by atoms with Gasteiger partial charge in [-0.3, -0.25) is 4.90 Å². The van der Waals surface area contributed by atoms with Gasteiger partial charge in [0.15, 0.2) is 23.0 Å². The predicted molar refractivity (Wildman–Crippen MR) is 138 cm³/mol. The highest BCUT2D eigenvalue weighted by Crippen LogP contribution is 2.48. The zero-order chi connectivity index (χ0) is 23.5. The molecule has 2 heterocycles. The highest BCUT2D eigenvalue weighted by atomic mass is 35.5. The van der Waals surface area contributed by atoms with Crippen LogP contribution in [0.1, 0.15) is 61.3 Å². The van der Waals surface area contributed by atoms with Crippen LogP contribution in [-0.2, 0) is 0 Å². The zero-order valence-corrected chi connectivity index (χ0v) is 21.8. The Bertz CT molecular complexity index is 970. The minimum atomic E-state index is 0. The lowest BCUT2D eigenvalue weighted by Gasteiger charge is -2.48. The minimum absolute atomic E-state index is 0. The van der Waals surface area contributed by atoms with Crippen molar-refractivity contribution in [1.29, 1.82) is 0 Å². The number of nitrogens with two attached hydrogens (primary N) is 1. The second-order valence-corrected chi connectivity index (χ2v) is 9.27. The molecule has 2 aromatic carbocycles. The fourth-order valence-corrected chi connectivity index (χ4v) is 5.65. The van der Waals surface area contributed by atoms with Gasteiger partial charge in [0.2, 0.25) is 0 Å². The summed E-state index contributed by atoms with van der Waals surface area (Å²) in [5, 5.41) is 0. The first-order valence-corrected chi connectivity index (χ1v) is 12.0. The monoisotopic (exact) mass is 490 g/mol. The second kappa shape index (κ2) is 11.5. The number of methoxy groups -OCH3 is 4. The molecular weight excluding hydrogens is 452 g/mol. The third kappa shape index (κ3) is 4.95. The summed E-state index contributed by atoms with van der Waals surface area (Å²) in [6, 6.07) is 11.1. The highest BCUT2D eigenvalue weighted by Gasteiger charge is 2.41. The van der Waals surface area contributed by atoms with Crippen molar-refractivity contribution >= 4 is 12.4 Å². The van der Waals surface area contributed by atoms with Crippen molar-refractivity contribution in [2.24, 2.45) is 11.7 Å². The van der Waals surface area contributed by atoms with Gasteiger partial charge < -0.3 is 24.7 Å². The summed E-state index contributed by atoms with van der Waals surface area (Å²) in [5.41, 5.74) is 10.5. The largest absolute Gasteiger partial charge is 0.493 e. The smallest absolute Gasteiger partial charge is 0.161 e. The molecule has 188 valence electrons. The van der Waals surface area contributed by atoms with Crippen LogP contribution in [0.2, 0.25) is 0 Å². The normalized spacial score (nSPS) is 23.8. The number of nitrogens with zero attached hydrogens (tertiary/aromatic N) is 1. The standard InChI is InChI=1S/C27H38N2O4.ClH/c1-6-7-8-18-15-29-16-21(17-9-10-24(30-2)25(11-17)31-3)19-12-26(32-4)27(33-5)13-20(19)23(29)14-22(18)28;/h9-13,18,21-23H,6-8,14-16,28H2,1-5H3;1H/t18-,21+,22-,23+;/m0./s1. The molecule has 0 saturated carbocycles.